The minimum atomic E-state index is -5.22. The van der Waals surface area contributed by atoms with Crippen molar-refractivity contribution in [3.8, 4) is 0 Å². The maximum Gasteiger partial charge on any atom is 0.437 e. The first-order valence-corrected chi connectivity index (χ1v) is 7.36. The number of nitrogens with zero attached hydrogens (tertiary/aromatic N) is 1. The van der Waals surface area contributed by atoms with Gasteiger partial charge in [-0.05, 0) is 30.7 Å². The van der Waals surface area contributed by atoms with Crippen molar-refractivity contribution in [1.29, 1.82) is 0 Å². The zero-order valence-corrected chi connectivity index (χ0v) is 13.0. The minimum absolute atomic E-state index is 0.262. The Morgan fingerprint density at radius 3 is 2.68 bits per heavy atom. The second-order valence-electron chi connectivity index (χ2n) is 5.88. The highest BCUT2D eigenvalue weighted by Crippen LogP contribution is 2.43. The van der Waals surface area contributed by atoms with Crippen molar-refractivity contribution in [2.24, 2.45) is 5.92 Å². The quantitative estimate of drug-likeness (QED) is 0.771. The number of hydrogen-bond acceptors (Lipinski definition) is 4. The van der Waals surface area contributed by atoms with Crippen LogP contribution in [0.1, 0.15) is 18.5 Å². The number of ketones is 1. The Morgan fingerprint density at radius 1 is 1.32 bits per heavy atom. The summed E-state index contributed by atoms with van der Waals surface area (Å²) in [5.74, 6) is -2.86. The van der Waals surface area contributed by atoms with Crippen molar-refractivity contribution in [2.45, 2.75) is 24.9 Å². The molecule has 1 aliphatic rings. The lowest BCUT2D eigenvalue weighted by Gasteiger charge is -2.44. The summed E-state index contributed by atoms with van der Waals surface area (Å²) < 4.78 is 40.2. The van der Waals surface area contributed by atoms with Gasteiger partial charge < -0.3 is 15.7 Å². The fraction of sp³-hybridized carbons (Fsp3) is 0.312. The summed E-state index contributed by atoms with van der Waals surface area (Å²) in [7, 11) is 0. The van der Waals surface area contributed by atoms with Crippen LogP contribution in [0.5, 0.6) is 0 Å². The van der Waals surface area contributed by atoms with E-state index in [1.165, 1.54) is 17.4 Å². The van der Waals surface area contributed by atoms with E-state index < -0.39 is 35.7 Å². The Bertz CT molecular complexity index is 855. The van der Waals surface area contributed by atoms with E-state index in [9.17, 15) is 27.9 Å². The molecule has 1 aromatic carbocycles. The molecule has 9 heteroatoms. The van der Waals surface area contributed by atoms with Crippen molar-refractivity contribution in [2.75, 3.05) is 0 Å². The number of halogens is 3. The average molecular weight is 353 g/mol. The first kappa shape index (κ1) is 17.2. The topological polar surface area (TPSA) is 91.3 Å². The first-order valence-electron chi connectivity index (χ1n) is 7.36. The molecule has 2 amide bonds. The molecule has 3 atom stereocenters. The molecule has 1 aromatic heterocycles. The Hall–Kier alpha value is -2.68. The second-order valence-corrected chi connectivity index (χ2v) is 5.88. The van der Waals surface area contributed by atoms with Gasteiger partial charge in [-0.25, -0.2) is 4.79 Å². The molecule has 2 heterocycles. The standard InChI is InChI=1S/C16H14F3N3O3/c1-8(23)12-13(21-14(24)22-15(12,25)16(17,18)19)10-4-5-11-9(7-10)3-2-6-20-11/h2-7,12-13,25H,1H3,(H2,21,22,24)/t12-,13-,15-/m1/s1. The molecule has 0 unspecified atom stereocenters. The third-order valence-corrected chi connectivity index (χ3v) is 4.23. The van der Waals surface area contributed by atoms with E-state index in [1.54, 1.807) is 24.4 Å². The predicted octanol–water partition coefficient (Wildman–Crippen LogP) is 2.04. The molecule has 2 aromatic rings. The molecule has 1 fully saturated rings. The Kier molecular flexibility index (Phi) is 3.91. The van der Waals surface area contributed by atoms with Crippen molar-refractivity contribution in [3.63, 3.8) is 0 Å². The van der Waals surface area contributed by atoms with Crippen LogP contribution in [0.4, 0.5) is 18.0 Å². The van der Waals surface area contributed by atoms with Gasteiger partial charge in [-0.2, -0.15) is 13.2 Å². The number of carbonyl (C=O) groups excluding carboxylic acids is 2. The number of alkyl halides is 3. The molecule has 3 rings (SSSR count). The summed E-state index contributed by atoms with van der Waals surface area (Å²) in [4.78, 5) is 27.8. The Labute approximate surface area is 140 Å². The minimum Gasteiger partial charge on any atom is -0.363 e. The average Bonchev–Trinajstić information content (AvgIpc) is 2.52. The van der Waals surface area contributed by atoms with Crippen LogP contribution in [0.15, 0.2) is 36.5 Å². The van der Waals surface area contributed by atoms with Crippen molar-refractivity contribution in [3.05, 3.63) is 42.1 Å². The molecule has 0 bridgehead atoms. The van der Waals surface area contributed by atoms with Gasteiger partial charge in [0.05, 0.1) is 17.5 Å². The highest BCUT2D eigenvalue weighted by atomic mass is 19.4. The van der Waals surface area contributed by atoms with Gasteiger partial charge in [0, 0.05) is 11.6 Å². The number of aromatic nitrogens is 1. The van der Waals surface area contributed by atoms with Gasteiger partial charge in [0.25, 0.3) is 0 Å². The highest BCUT2D eigenvalue weighted by molar-refractivity contribution is 5.87. The lowest BCUT2D eigenvalue weighted by molar-refractivity contribution is -0.290. The Morgan fingerprint density at radius 2 is 2.04 bits per heavy atom. The molecular formula is C16H14F3N3O3. The summed E-state index contributed by atoms with van der Waals surface area (Å²) in [5.41, 5.74) is -2.79. The van der Waals surface area contributed by atoms with Crippen LogP contribution < -0.4 is 10.6 Å². The third kappa shape index (κ3) is 2.80. The van der Waals surface area contributed by atoms with Crippen LogP contribution >= 0.6 is 0 Å². The van der Waals surface area contributed by atoms with Gasteiger partial charge in [-0.1, -0.05) is 12.1 Å². The lowest BCUT2D eigenvalue weighted by atomic mass is 9.79. The highest BCUT2D eigenvalue weighted by Gasteiger charge is 2.65. The molecule has 1 saturated heterocycles. The second kappa shape index (κ2) is 5.69. The van der Waals surface area contributed by atoms with Gasteiger partial charge in [0.2, 0.25) is 5.72 Å². The van der Waals surface area contributed by atoms with Crippen LogP contribution in [-0.4, -0.2) is 33.8 Å². The molecule has 132 valence electrons. The first-order chi connectivity index (χ1) is 11.6. The number of carbonyl (C=O) groups is 2. The molecule has 0 aliphatic carbocycles. The molecule has 0 spiro atoms. The number of aliphatic hydroxyl groups is 1. The fourth-order valence-corrected chi connectivity index (χ4v) is 3.09. The SMILES string of the molecule is CC(=O)[C@@H]1[C@@H](c2ccc3ncccc3c2)NC(=O)N[C@]1(O)C(F)(F)F. The molecular weight excluding hydrogens is 339 g/mol. The van der Waals surface area contributed by atoms with E-state index >= 15 is 0 Å². The molecule has 25 heavy (non-hydrogen) atoms. The number of fused-ring (bicyclic) bond motifs is 1. The zero-order chi connectivity index (χ0) is 18.4. The molecule has 6 nitrogen and oxygen atoms in total. The van der Waals surface area contributed by atoms with Crippen molar-refractivity contribution in [1.82, 2.24) is 15.6 Å². The fourth-order valence-electron chi connectivity index (χ4n) is 3.09. The van der Waals surface area contributed by atoms with Gasteiger partial charge >= 0.3 is 12.2 Å². The number of hydrogen-bond donors (Lipinski definition) is 3. The number of nitrogens with one attached hydrogen (secondary N) is 2. The van der Waals surface area contributed by atoms with Crippen molar-refractivity contribution < 1.29 is 27.9 Å². The van der Waals surface area contributed by atoms with E-state index in [0.29, 0.717) is 10.9 Å². The summed E-state index contributed by atoms with van der Waals surface area (Å²) in [6, 6.07) is 5.37. The number of rotatable bonds is 2. The summed E-state index contributed by atoms with van der Waals surface area (Å²) in [6.07, 6.45) is -3.66. The van der Waals surface area contributed by atoms with Gasteiger partial charge in [-0.15, -0.1) is 0 Å². The van der Waals surface area contributed by atoms with E-state index in [1.807, 2.05) is 0 Å². The van der Waals surface area contributed by atoms with E-state index in [-0.39, 0.29) is 5.56 Å². The molecule has 0 saturated carbocycles. The molecule has 3 N–H and O–H groups in total. The lowest BCUT2D eigenvalue weighted by Crippen LogP contribution is -2.72. The van der Waals surface area contributed by atoms with Gasteiger partial charge in [0.1, 0.15) is 5.78 Å². The monoisotopic (exact) mass is 353 g/mol. The Balaban J connectivity index is 2.14. The third-order valence-electron chi connectivity index (χ3n) is 4.23. The largest absolute Gasteiger partial charge is 0.437 e. The summed E-state index contributed by atoms with van der Waals surface area (Å²) in [5, 5.41) is 14.5. The van der Waals surface area contributed by atoms with Crippen LogP contribution in [0.25, 0.3) is 10.9 Å². The van der Waals surface area contributed by atoms with Crippen LogP contribution in [0.2, 0.25) is 0 Å². The number of pyridine rings is 1. The zero-order valence-electron chi connectivity index (χ0n) is 13.0. The van der Waals surface area contributed by atoms with E-state index in [2.05, 4.69) is 10.3 Å². The van der Waals surface area contributed by atoms with E-state index in [4.69, 9.17) is 0 Å². The number of benzene rings is 1. The van der Waals surface area contributed by atoms with Crippen molar-refractivity contribution >= 4 is 22.7 Å². The number of Topliss-reactive ketones (excluding diaryl/α,β-unsaturated/α-hetero) is 1. The maximum atomic E-state index is 13.4. The predicted molar refractivity (Wildman–Crippen MR) is 81.3 cm³/mol. The number of amides is 2. The number of urea groups is 1. The normalized spacial score (nSPS) is 26.8. The van der Waals surface area contributed by atoms with Crippen LogP contribution in [-0.2, 0) is 4.79 Å². The summed E-state index contributed by atoms with van der Waals surface area (Å²) in [6.45, 7) is 0.941. The molecule has 1 aliphatic heterocycles. The summed E-state index contributed by atoms with van der Waals surface area (Å²) >= 11 is 0. The van der Waals surface area contributed by atoms with Crippen LogP contribution in [0.3, 0.4) is 0 Å². The van der Waals surface area contributed by atoms with Crippen LogP contribution in [0, 0.1) is 5.92 Å². The smallest absolute Gasteiger partial charge is 0.363 e. The van der Waals surface area contributed by atoms with E-state index in [0.717, 1.165) is 6.92 Å². The molecule has 0 radical (unpaired) electrons. The maximum absolute atomic E-state index is 13.4. The van der Waals surface area contributed by atoms with Gasteiger partial charge in [0.15, 0.2) is 0 Å². The van der Waals surface area contributed by atoms with Gasteiger partial charge in [-0.3, -0.25) is 9.78 Å².